The Morgan fingerprint density at radius 1 is 1.10 bits per heavy atom. The van der Waals surface area contributed by atoms with Crippen LogP contribution in [0.25, 0.3) is 0 Å². The van der Waals surface area contributed by atoms with Crippen molar-refractivity contribution in [3.63, 3.8) is 0 Å². The number of rotatable bonds is 9. The molecule has 1 fully saturated rings. The zero-order valence-corrected chi connectivity index (χ0v) is 17.8. The normalized spacial score (nSPS) is 15.8. The van der Waals surface area contributed by atoms with Gasteiger partial charge in [-0.05, 0) is 31.0 Å². The Morgan fingerprint density at radius 2 is 1.83 bits per heavy atom. The molecule has 1 atom stereocenters. The number of carbonyl (C=O) groups excluding carboxylic acids is 1. The Morgan fingerprint density at radius 3 is 2.52 bits per heavy atom. The second-order valence-electron chi connectivity index (χ2n) is 6.64. The molecule has 1 heterocycles. The number of hydrogen-bond acceptors (Lipinski definition) is 6. The third-order valence-electron chi connectivity index (χ3n) is 4.81. The topological polar surface area (TPSA) is 66.0 Å². The van der Waals surface area contributed by atoms with Gasteiger partial charge in [-0.2, -0.15) is 0 Å². The lowest BCUT2D eigenvalue weighted by Gasteiger charge is -2.15. The second-order valence-corrected chi connectivity index (χ2v) is 7.71. The summed E-state index contributed by atoms with van der Waals surface area (Å²) < 4.78 is 21.8. The maximum Gasteiger partial charge on any atom is 0.252 e. The molecule has 1 aliphatic heterocycles. The second kappa shape index (κ2) is 10.4. The summed E-state index contributed by atoms with van der Waals surface area (Å²) in [6.07, 6.45) is 2.47. The van der Waals surface area contributed by atoms with Gasteiger partial charge in [0.05, 0.1) is 33.0 Å². The molecule has 6 nitrogen and oxygen atoms in total. The van der Waals surface area contributed by atoms with Crippen molar-refractivity contribution in [3.05, 3.63) is 47.5 Å². The number of thioether (sulfide) groups is 1. The van der Waals surface area contributed by atoms with Gasteiger partial charge in [-0.1, -0.05) is 12.1 Å². The zero-order valence-electron chi connectivity index (χ0n) is 17.0. The first kappa shape index (κ1) is 21.3. The van der Waals surface area contributed by atoms with Crippen molar-refractivity contribution < 1.29 is 23.7 Å². The summed E-state index contributed by atoms with van der Waals surface area (Å²) >= 11 is 1.67. The van der Waals surface area contributed by atoms with Crippen molar-refractivity contribution in [2.75, 3.05) is 33.7 Å². The predicted octanol–water partition coefficient (Wildman–Crippen LogP) is 3.91. The quantitative estimate of drug-likeness (QED) is 0.624. The minimum Gasteiger partial charge on any atom is -0.496 e. The molecular formula is C22H27NO5S. The summed E-state index contributed by atoms with van der Waals surface area (Å²) in [5, 5.41) is 2.99. The summed E-state index contributed by atoms with van der Waals surface area (Å²) in [5.74, 6) is 2.52. The van der Waals surface area contributed by atoms with Gasteiger partial charge in [0, 0.05) is 35.4 Å². The molecule has 1 aliphatic rings. The molecule has 3 rings (SSSR count). The Bertz CT molecular complexity index is 836. The summed E-state index contributed by atoms with van der Waals surface area (Å²) in [6, 6.07) is 11.2. The minimum atomic E-state index is -0.128. The molecule has 0 unspecified atom stereocenters. The number of benzene rings is 2. The fourth-order valence-corrected chi connectivity index (χ4v) is 4.36. The monoisotopic (exact) mass is 417 g/mol. The van der Waals surface area contributed by atoms with E-state index >= 15 is 0 Å². The van der Waals surface area contributed by atoms with Crippen LogP contribution in [0.1, 0.15) is 28.8 Å². The fourth-order valence-electron chi connectivity index (χ4n) is 3.24. The zero-order chi connectivity index (χ0) is 20.6. The maximum atomic E-state index is 12.9. The van der Waals surface area contributed by atoms with E-state index in [1.165, 1.54) is 0 Å². The third-order valence-corrected chi connectivity index (χ3v) is 6.01. The van der Waals surface area contributed by atoms with Gasteiger partial charge in [0.1, 0.15) is 5.75 Å². The van der Waals surface area contributed by atoms with E-state index in [1.54, 1.807) is 39.2 Å². The van der Waals surface area contributed by atoms with Crippen molar-refractivity contribution in [1.82, 2.24) is 5.32 Å². The SMILES string of the molecule is COc1cc(OC)c(OC)cc1CNC(=O)c1ccccc1SC[C@@H]1CCCO1. The van der Waals surface area contributed by atoms with Crippen LogP contribution in [-0.4, -0.2) is 45.7 Å². The van der Waals surface area contributed by atoms with Gasteiger partial charge in [-0.3, -0.25) is 4.79 Å². The van der Waals surface area contributed by atoms with Crippen molar-refractivity contribution in [1.29, 1.82) is 0 Å². The van der Waals surface area contributed by atoms with Gasteiger partial charge in [0.15, 0.2) is 11.5 Å². The highest BCUT2D eigenvalue weighted by molar-refractivity contribution is 7.99. The molecule has 0 aliphatic carbocycles. The minimum absolute atomic E-state index is 0.128. The average Bonchev–Trinajstić information content (AvgIpc) is 3.29. The van der Waals surface area contributed by atoms with E-state index in [-0.39, 0.29) is 12.0 Å². The van der Waals surface area contributed by atoms with Gasteiger partial charge in [-0.15, -0.1) is 11.8 Å². The van der Waals surface area contributed by atoms with Gasteiger partial charge >= 0.3 is 0 Å². The number of ether oxygens (including phenoxy) is 4. The molecule has 0 radical (unpaired) electrons. The van der Waals surface area contributed by atoms with Crippen molar-refractivity contribution in [2.24, 2.45) is 0 Å². The van der Waals surface area contributed by atoms with Crippen LogP contribution in [0.4, 0.5) is 0 Å². The molecule has 2 aromatic rings. The lowest BCUT2D eigenvalue weighted by Crippen LogP contribution is -2.24. The molecule has 0 spiro atoms. The van der Waals surface area contributed by atoms with E-state index in [0.29, 0.717) is 29.4 Å². The van der Waals surface area contributed by atoms with Crippen LogP contribution in [0, 0.1) is 0 Å². The molecule has 156 valence electrons. The molecule has 0 aromatic heterocycles. The summed E-state index contributed by atoms with van der Waals surface area (Å²) in [6.45, 7) is 1.15. The fraction of sp³-hybridized carbons (Fsp3) is 0.409. The molecule has 1 saturated heterocycles. The predicted molar refractivity (Wildman–Crippen MR) is 113 cm³/mol. The molecule has 29 heavy (non-hydrogen) atoms. The smallest absolute Gasteiger partial charge is 0.252 e. The number of hydrogen-bond donors (Lipinski definition) is 1. The van der Waals surface area contributed by atoms with E-state index in [4.69, 9.17) is 18.9 Å². The van der Waals surface area contributed by atoms with E-state index in [9.17, 15) is 4.79 Å². The van der Waals surface area contributed by atoms with Crippen molar-refractivity contribution >= 4 is 17.7 Å². The maximum absolute atomic E-state index is 12.9. The van der Waals surface area contributed by atoms with E-state index in [1.807, 2.05) is 30.3 Å². The standard InChI is InChI=1S/C22H27NO5S/c1-25-18-12-20(27-3)19(26-2)11-15(18)13-23-22(24)17-8-4-5-9-21(17)29-14-16-7-6-10-28-16/h4-5,8-9,11-12,16H,6-7,10,13-14H2,1-3H3,(H,23,24)/t16-/m0/s1. The lowest BCUT2D eigenvalue weighted by atomic mass is 10.1. The van der Waals surface area contributed by atoms with Crippen LogP contribution in [0.3, 0.4) is 0 Å². The molecule has 1 amide bonds. The van der Waals surface area contributed by atoms with Gasteiger partial charge in [-0.25, -0.2) is 0 Å². The largest absolute Gasteiger partial charge is 0.496 e. The highest BCUT2D eigenvalue weighted by Crippen LogP contribution is 2.34. The van der Waals surface area contributed by atoms with Crippen molar-refractivity contribution in [2.45, 2.75) is 30.4 Å². The third kappa shape index (κ3) is 5.36. The van der Waals surface area contributed by atoms with Crippen LogP contribution in [0.15, 0.2) is 41.3 Å². The summed E-state index contributed by atoms with van der Waals surface area (Å²) in [5.41, 5.74) is 1.47. The first-order valence-corrected chi connectivity index (χ1v) is 10.5. The summed E-state index contributed by atoms with van der Waals surface area (Å²) in [7, 11) is 4.74. The van der Waals surface area contributed by atoms with Gasteiger partial charge in [0.25, 0.3) is 5.91 Å². The molecule has 2 aromatic carbocycles. The molecule has 1 N–H and O–H groups in total. The van der Waals surface area contributed by atoms with Crippen LogP contribution >= 0.6 is 11.8 Å². The summed E-state index contributed by atoms with van der Waals surface area (Å²) in [4.78, 5) is 13.8. The molecule has 0 bridgehead atoms. The Kier molecular flexibility index (Phi) is 7.66. The Balaban J connectivity index is 1.69. The number of methoxy groups -OCH3 is 3. The van der Waals surface area contributed by atoms with Crippen LogP contribution in [-0.2, 0) is 11.3 Å². The van der Waals surface area contributed by atoms with Crippen LogP contribution in [0.5, 0.6) is 17.2 Å². The number of amides is 1. The van der Waals surface area contributed by atoms with Crippen LogP contribution < -0.4 is 19.5 Å². The van der Waals surface area contributed by atoms with Crippen LogP contribution in [0.2, 0.25) is 0 Å². The lowest BCUT2D eigenvalue weighted by molar-refractivity contribution is 0.0947. The number of carbonyl (C=O) groups is 1. The van der Waals surface area contributed by atoms with E-state index < -0.39 is 0 Å². The molecular weight excluding hydrogens is 390 g/mol. The first-order chi connectivity index (χ1) is 14.2. The molecule has 0 saturated carbocycles. The Hall–Kier alpha value is -2.38. The van der Waals surface area contributed by atoms with E-state index in [0.717, 1.165) is 35.7 Å². The highest BCUT2D eigenvalue weighted by Gasteiger charge is 2.18. The van der Waals surface area contributed by atoms with E-state index in [2.05, 4.69) is 5.32 Å². The van der Waals surface area contributed by atoms with Gasteiger partial charge < -0.3 is 24.3 Å². The van der Waals surface area contributed by atoms with Crippen molar-refractivity contribution in [3.8, 4) is 17.2 Å². The first-order valence-electron chi connectivity index (χ1n) is 9.56. The number of nitrogens with one attached hydrogen (secondary N) is 1. The highest BCUT2D eigenvalue weighted by atomic mass is 32.2. The molecule has 7 heteroatoms. The van der Waals surface area contributed by atoms with Gasteiger partial charge in [0.2, 0.25) is 0 Å². The Labute approximate surface area is 175 Å². The average molecular weight is 418 g/mol.